The summed E-state index contributed by atoms with van der Waals surface area (Å²) in [5, 5.41) is 15.0. The molecular weight excluding hydrogens is 378 g/mol. The van der Waals surface area contributed by atoms with Crippen molar-refractivity contribution in [1.82, 2.24) is 19.9 Å². The number of carbonyl (C=O) groups is 1. The molecule has 0 aromatic carbocycles. The number of aryl methyl sites for hydroxylation is 1. The van der Waals surface area contributed by atoms with Gasteiger partial charge < -0.3 is 14.4 Å². The largest absolute Gasteiger partial charge is 0.360 e. The summed E-state index contributed by atoms with van der Waals surface area (Å²) >= 11 is 1.30. The van der Waals surface area contributed by atoms with Crippen LogP contribution in [0.2, 0.25) is 0 Å². The molecule has 3 heterocycles. The van der Waals surface area contributed by atoms with Crippen LogP contribution in [0.5, 0.6) is 0 Å². The van der Waals surface area contributed by atoms with Gasteiger partial charge in [0.2, 0.25) is 5.91 Å². The van der Waals surface area contributed by atoms with Crippen LogP contribution in [0.3, 0.4) is 0 Å². The summed E-state index contributed by atoms with van der Waals surface area (Å²) < 4.78 is 30.1. The molecule has 11 heteroatoms. The van der Waals surface area contributed by atoms with Crippen molar-refractivity contribution in [1.29, 1.82) is 0 Å². The Labute approximate surface area is 155 Å². The molecule has 0 spiro atoms. The van der Waals surface area contributed by atoms with E-state index in [1.807, 2.05) is 6.92 Å². The van der Waals surface area contributed by atoms with E-state index in [1.54, 1.807) is 24.6 Å². The maximum atomic E-state index is 12.5. The summed E-state index contributed by atoms with van der Waals surface area (Å²) in [5.74, 6) is 1.59. The molecule has 0 bridgehead atoms. The molecule has 0 saturated carbocycles. The lowest BCUT2D eigenvalue weighted by Crippen LogP contribution is -2.25. The van der Waals surface area contributed by atoms with Crippen molar-refractivity contribution in [2.75, 3.05) is 16.8 Å². The first kappa shape index (κ1) is 18.9. The van der Waals surface area contributed by atoms with Gasteiger partial charge >= 0.3 is 0 Å². The number of amides is 1. The van der Waals surface area contributed by atoms with E-state index in [4.69, 9.17) is 4.52 Å². The number of sulfone groups is 1. The predicted molar refractivity (Wildman–Crippen MR) is 96.8 cm³/mol. The van der Waals surface area contributed by atoms with Crippen LogP contribution in [0.15, 0.2) is 15.7 Å². The number of carbonyl (C=O) groups excluding carboxylic acids is 1. The van der Waals surface area contributed by atoms with Crippen molar-refractivity contribution in [2.24, 2.45) is 7.05 Å². The molecule has 142 valence electrons. The number of hydrogen-bond donors (Lipinski definition) is 1. The van der Waals surface area contributed by atoms with E-state index in [0.717, 1.165) is 0 Å². The molecule has 3 rings (SSSR count). The van der Waals surface area contributed by atoms with E-state index < -0.39 is 9.84 Å². The van der Waals surface area contributed by atoms with Crippen LogP contribution in [0.1, 0.15) is 37.3 Å². The summed E-state index contributed by atoms with van der Waals surface area (Å²) in [6.45, 7) is 3.66. The quantitative estimate of drug-likeness (QED) is 0.726. The maximum Gasteiger partial charge on any atom is 0.239 e. The van der Waals surface area contributed by atoms with Gasteiger partial charge in [0.1, 0.15) is 11.6 Å². The second kappa shape index (κ2) is 7.39. The Bertz CT molecular complexity index is 905. The van der Waals surface area contributed by atoms with E-state index in [0.29, 0.717) is 35.4 Å². The molecule has 1 amide bonds. The minimum absolute atomic E-state index is 0.104. The van der Waals surface area contributed by atoms with Crippen LogP contribution >= 0.6 is 11.8 Å². The molecule has 0 unspecified atom stereocenters. The normalized spacial score (nSPS) is 20.2. The van der Waals surface area contributed by atoms with Crippen molar-refractivity contribution >= 4 is 33.3 Å². The highest BCUT2D eigenvalue weighted by Crippen LogP contribution is 2.31. The molecule has 1 fully saturated rings. The van der Waals surface area contributed by atoms with Gasteiger partial charge in [0, 0.05) is 19.0 Å². The zero-order valence-electron chi connectivity index (χ0n) is 14.8. The average molecular weight is 399 g/mol. The first-order valence-electron chi connectivity index (χ1n) is 8.29. The minimum atomic E-state index is -2.99. The fourth-order valence-electron chi connectivity index (χ4n) is 2.86. The predicted octanol–water partition coefficient (Wildman–Crippen LogP) is 1.52. The van der Waals surface area contributed by atoms with Crippen LogP contribution in [0.25, 0.3) is 0 Å². The Morgan fingerprint density at radius 1 is 1.50 bits per heavy atom. The van der Waals surface area contributed by atoms with Gasteiger partial charge in [-0.25, -0.2) is 8.42 Å². The average Bonchev–Trinajstić information content (AvgIpc) is 3.25. The third kappa shape index (κ3) is 4.09. The molecule has 2 aromatic heterocycles. The highest BCUT2D eigenvalue weighted by atomic mass is 32.2. The smallest absolute Gasteiger partial charge is 0.239 e. The summed E-state index contributed by atoms with van der Waals surface area (Å²) in [4.78, 5) is 12.5. The third-order valence-electron chi connectivity index (χ3n) is 4.26. The Morgan fingerprint density at radius 3 is 2.85 bits per heavy atom. The molecule has 0 aliphatic carbocycles. The molecule has 1 saturated heterocycles. The number of hydrogen-bond acceptors (Lipinski definition) is 8. The summed E-state index contributed by atoms with van der Waals surface area (Å²) in [6, 6.07) is 1.65. The van der Waals surface area contributed by atoms with Crippen LogP contribution in [0, 0.1) is 6.92 Å². The topological polar surface area (TPSA) is 120 Å². The fourth-order valence-corrected chi connectivity index (χ4v) is 5.53. The molecule has 2 aromatic rings. The number of nitrogens with one attached hydrogen (secondary N) is 1. The highest BCUT2D eigenvalue weighted by molar-refractivity contribution is 8.00. The first-order chi connectivity index (χ1) is 12.3. The van der Waals surface area contributed by atoms with Gasteiger partial charge in [0.05, 0.1) is 16.8 Å². The lowest BCUT2D eigenvalue weighted by Gasteiger charge is -2.13. The van der Waals surface area contributed by atoms with Gasteiger partial charge in [-0.3, -0.25) is 4.79 Å². The number of anilines is 1. The molecule has 1 N–H and O–H groups in total. The molecular formula is C15H21N5O4S2. The molecule has 1 aliphatic rings. The number of rotatable bonds is 6. The Balaban J connectivity index is 1.70. The number of aromatic nitrogens is 4. The fraction of sp³-hybridized carbons (Fsp3) is 0.600. The number of thioether (sulfide) groups is 1. The summed E-state index contributed by atoms with van der Waals surface area (Å²) in [7, 11) is -1.19. The van der Waals surface area contributed by atoms with Crippen LogP contribution < -0.4 is 5.32 Å². The molecule has 2 atom stereocenters. The number of nitrogens with zero attached hydrogens (tertiary/aromatic N) is 4. The van der Waals surface area contributed by atoms with E-state index >= 15 is 0 Å². The Kier molecular flexibility index (Phi) is 5.37. The zero-order valence-corrected chi connectivity index (χ0v) is 16.4. The van der Waals surface area contributed by atoms with Gasteiger partial charge in [-0.15, -0.1) is 10.2 Å². The second-order valence-electron chi connectivity index (χ2n) is 6.33. The lowest BCUT2D eigenvalue weighted by molar-refractivity contribution is -0.115. The SMILES string of the molecule is CC[C@@H](Sc1nnc([C@H]2CCS(=O)(=O)C2)n1C)C(=O)Nc1cc(C)on1. The Morgan fingerprint density at radius 2 is 2.27 bits per heavy atom. The van der Waals surface area contributed by atoms with E-state index in [1.165, 1.54) is 11.8 Å². The first-order valence-corrected chi connectivity index (χ1v) is 11.0. The Hall–Kier alpha value is -1.88. The van der Waals surface area contributed by atoms with Crippen molar-refractivity contribution < 1.29 is 17.7 Å². The van der Waals surface area contributed by atoms with E-state index in [2.05, 4.69) is 20.7 Å². The van der Waals surface area contributed by atoms with Gasteiger partial charge in [0.25, 0.3) is 0 Å². The zero-order chi connectivity index (χ0) is 18.9. The van der Waals surface area contributed by atoms with Crippen molar-refractivity contribution in [3.8, 4) is 0 Å². The third-order valence-corrected chi connectivity index (χ3v) is 7.42. The standard InChI is InChI=1S/C15H21N5O4S2/c1-4-11(14(21)16-12-7-9(2)24-19-12)25-15-18-17-13(20(15)3)10-5-6-26(22,23)8-10/h7,10-11H,4-6,8H2,1-3H3,(H,16,19,21)/t10-,11+/m0/s1. The highest BCUT2D eigenvalue weighted by Gasteiger charge is 2.33. The second-order valence-corrected chi connectivity index (χ2v) is 9.73. The van der Waals surface area contributed by atoms with Gasteiger partial charge in [-0.05, 0) is 19.8 Å². The maximum absolute atomic E-state index is 12.5. The van der Waals surface area contributed by atoms with Crippen molar-refractivity contribution in [3.05, 3.63) is 17.7 Å². The summed E-state index contributed by atoms with van der Waals surface area (Å²) in [6.07, 6.45) is 1.15. The molecule has 26 heavy (non-hydrogen) atoms. The monoisotopic (exact) mass is 399 g/mol. The van der Waals surface area contributed by atoms with Crippen molar-refractivity contribution in [2.45, 2.75) is 43.0 Å². The lowest BCUT2D eigenvalue weighted by atomic mass is 10.1. The molecule has 0 radical (unpaired) electrons. The van der Waals surface area contributed by atoms with Gasteiger partial charge in [-0.2, -0.15) is 0 Å². The van der Waals surface area contributed by atoms with Crippen LogP contribution in [0.4, 0.5) is 5.82 Å². The van der Waals surface area contributed by atoms with E-state index in [9.17, 15) is 13.2 Å². The van der Waals surface area contributed by atoms with Gasteiger partial charge in [-0.1, -0.05) is 23.8 Å². The van der Waals surface area contributed by atoms with Crippen LogP contribution in [-0.4, -0.2) is 51.0 Å². The molecule has 9 nitrogen and oxygen atoms in total. The van der Waals surface area contributed by atoms with Gasteiger partial charge in [0.15, 0.2) is 20.8 Å². The minimum Gasteiger partial charge on any atom is -0.360 e. The molecule has 1 aliphatic heterocycles. The summed E-state index contributed by atoms with van der Waals surface area (Å²) in [5.41, 5.74) is 0. The van der Waals surface area contributed by atoms with Crippen LogP contribution in [-0.2, 0) is 21.7 Å². The van der Waals surface area contributed by atoms with Crippen molar-refractivity contribution in [3.63, 3.8) is 0 Å². The van der Waals surface area contributed by atoms with E-state index in [-0.39, 0.29) is 28.6 Å².